The van der Waals surface area contributed by atoms with Crippen molar-refractivity contribution in [1.29, 1.82) is 0 Å². The van der Waals surface area contributed by atoms with Crippen LogP contribution in [-0.4, -0.2) is 23.8 Å². The van der Waals surface area contributed by atoms with Crippen molar-refractivity contribution in [2.45, 2.75) is 19.0 Å². The predicted octanol–water partition coefficient (Wildman–Crippen LogP) is 2.32. The van der Waals surface area contributed by atoms with Gasteiger partial charge < -0.3 is 15.7 Å². The number of aliphatic hydroxyl groups is 1. The molecule has 108 valence electrons. The van der Waals surface area contributed by atoms with Crippen LogP contribution >= 0.6 is 15.9 Å². The van der Waals surface area contributed by atoms with E-state index in [-0.39, 0.29) is 37.0 Å². The number of benzene rings is 1. The number of halogens is 2. The van der Waals surface area contributed by atoms with Gasteiger partial charge in [-0.05, 0) is 30.2 Å². The molecule has 1 aliphatic carbocycles. The lowest BCUT2D eigenvalue weighted by Crippen LogP contribution is -2.40. The van der Waals surface area contributed by atoms with Crippen molar-refractivity contribution >= 4 is 22.0 Å². The second-order valence-electron chi connectivity index (χ2n) is 4.77. The molecular formula is C14H16BrFN2O2. The molecule has 2 amide bonds. The minimum Gasteiger partial charge on any atom is -0.396 e. The SMILES string of the molecule is O=C(NCc1cc(F)cc(Br)c1)N[C@@H]1C=C[C@H](CO)C1. The van der Waals surface area contributed by atoms with Crippen LogP contribution in [0.1, 0.15) is 12.0 Å². The average molecular weight is 343 g/mol. The molecule has 0 fully saturated rings. The minimum atomic E-state index is -0.346. The Morgan fingerprint density at radius 2 is 2.20 bits per heavy atom. The Morgan fingerprint density at radius 1 is 1.40 bits per heavy atom. The first-order valence-corrected chi connectivity index (χ1v) is 7.14. The van der Waals surface area contributed by atoms with Crippen molar-refractivity contribution in [3.05, 3.63) is 46.2 Å². The van der Waals surface area contributed by atoms with Gasteiger partial charge in [-0.25, -0.2) is 9.18 Å². The van der Waals surface area contributed by atoms with Crippen molar-refractivity contribution in [1.82, 2.24) is 10.6 Å². The number of amides is 2. The van der Waals surface area contributed by atoms with Crippen LogP contribution in [0.3, 0.4) is 0 Å². The van der Waals surface area contributed by atoms with Crippen molar-refractivity contribution in [2.24, 2.45) is 5.92 Å². The van der Waals surface area contributed by atoms with Gasteiger partial charge in [-0.15, -0.1) is 0 Å². The standard InChI is InChI=1S/C14H16BrFN2O2/c15-11-3-10(4-12(16)6-11)7-17-14(20)18-13-2-1-9(5-13)8-19/h1-4,6,9,13,19H,5,7-8H2,(H2,17,18,20)/t9-,13+/m0/s1. The van der Waals surface area contributed by atoms with Crippen LogP contribution in [0, 0.1) is 11.7 Å². The van der Waals surface area contributed by atoms with Gasteiger partial charge in [-0.2, -0.15) is 0 Å². The Balaban J connectivity index is 1.79. The lowest BCUT2D eigenvalue weighted by molar-refractivity contribution is 0.231. The van der Waals surface area contributed by atoms with Gasteiger partial charge in [0.15, 0.2) is 0 Å². The summed E-state index contributed by atoms with van der Waals surface area (Å²) in [5.74, 6) is -0.236. The van der Waals surface area contributed by atoms with E-state index in [2.05, 4.69) is 26.6 Å². The third-order valence-corrected chi connectivity index (χ3v) is 3.56. The highest BCUT2D eigenvalue weighted by atomic mass is 79.9. The number of aliphatic hydroxyl groups excluding tert-OH is 1. The normalized spacial score (nSPS) is 20.9. The summed E-state index contributed by atoms with van der Waals surface area (Å²) in [5.41, 5.74) is 0.683. The highest BCUT2D eigenvalue weighted by molar-refractivity contribution is 9.10. The van der Waals surface area contributed by atoms with Crippen LogP contribution in [0.2, 0.25) is 0 Å². The van der Waals surface area contributed by atoms with Crippen molar-refractivity contribution < 1.29 is 14.3 Å². The molecule has 4 nitrogen and oxygen atoms in total. The molecule has 0 aliphatic heterocycles. The summed E-state index contributed by atoms with van der Waals surface area (Å²) in [4.78, 5) is 11.7. The van der Waals surface area contributed by atoms with E-state index in [0.29, 0.717) is 16.5 Å². The minimum absolute atomic E-state index is 0.0635. The maximum Gasteiger partial charge on any atom is 0.315 e. The fraction of sp³-hybridized carbons (Fsp3) is 0.357. The number of hydrogen-bond acceptors (Lipinski definition) is 2. The molecule has 2 rings (SSSR count). The van der Waals surface area contributed by atoms with Gasteiger partial charge in [0.2, 0.25) is 0 Å². The zero-order valence-electron chi connectivity index (χ0n) is 10.8. The van der Waals surface area contributed by atoms with E-state index < -0.39 is 0 Å². The van der Waals surface area contributed by atoms with Crippen LogP contribution in [0.5, 0.6) is 0 Å². The molecule has 3 N–H and O–H groups in total. The van der Waals surface area contributed by atoms with E-state index in [1.807, 2.05) is 12.2 Å². The summed E-state index contributed by atoms with van der Waals surface area (Å²) in [5, 5.41) is 14.5. The summed E-state index contributed by atoms with van der Waals surface area (Å²) < 4.78 is 13.8. The van der Waals surface area contributed by atoms with Gasteiger partial charge in [-0.3, -0.25) is 0 Å². The van der Waals surface area contributed by atoms with Crippen LogP contribution in [0.4, 0.5) is 9.18 Å². The fourth-order valence-electron chi connectivity index (χ4n) is 2.13. The van der Waals surface area contributed by atoms with E-state index in [1.54, 1.807) is 6.07 Å². The summed E-state index contributed by atoms with van der Waals surface area (Å²) >= 11 is 3.20. The number of rotatable bonds is 4. The quantitative estimate of drug-likeness (QED) is 0.735. The van der Waals surface area contributed by atoms with Crippen molar-refractivity contribution in [3.63, 3.8) is 0 Å². The number of nitrogens with one attached hydrogen (secondary N) is 2. The molecule has 20 heavy (non-hydrogen) atoms. The number of urea groups is 1. The first kappa shape index (κ1) is 15.0. The van der Waals surface area contributed by atoms with E-state index in [9.17, 15) is 9.18 Å². The summed E-state index contributed by atoms with van der Waals surface area (Å²) in [7, 11) is 0. The molecule has 0 spiro atoms. The van der Waals surface area contributed by atoms with Crippen LogP contribution in [0.25, 0.3) is 0 Å². The van der Waals surface area contributed by atoms with E-state index in [4.69, 9.17) is 5.11 Å². The summed E-state index contributed by atoms with van der Waals surface area (Å²) in [6.07, 6.45) is 4.48. The highest BCUT2D eigenvalue weighted by Gasteiger charge is 2.19. The number of hydrogen-bond donors (Lipinski definition) is 3. The molecule has 0 aromatic heterocycles. The summed E-state index contributed by atoms with van der Waals surface area (Å²) in [6.45, 7) is 0.343. The van der Waals surface area contributed by atoms with Crippen molar-refractivity contribution in [2.75, 3.05) is 6.61 Å². The van der Waals surface area contributed by atoms with E-state index in [1.165, 1.54) is 12.1 Å². The zero-order chi connectivity index (χ0) is 14.5. The lowest BCUT2D eigenvalue weighted by Gasteiger charge is -2.13. The maximum absolute atomic E-state index is 13.2. The van der Waals surface area contributed by atoms with Gasteiger partial charge in [0.05, 0.1) is 0 Å². The average Bonchev–Trinajstić information content (AvgIpc) is 2.83. The van der Waals surface area contributed by atoms with Gasteiger partial charge in [0.1, 0.15) is 5.82 Å². The Morgan fingerprint density at radius 3 is 2.85 bits per heavy atom. The number of carbonyl (C=O) groups excluding carboxylic acids is 1. The summed E-state index contributed by atoms with van der Waals surface area (Å²) in [6, 6.07) is 4.12. The fourth-order valence-corrected chi connectivity index (χ4v) is 2.64. The lowest BCUT2D eigenvalue weighted by atomic mass is 10.1. The Hall–Kier alpha value is -1.40. The molecule has 1 aliphatic rings. The first-order chi connectivity index (χ1) is 9.56. The van der Waals surface area contributed by atoms with Crippen LogP contribution in [-0.2, 0) is 6.54 Å². The second kappa shape index (κ2) is 6.85. The first-order valence-electron chi connectivity index (χ1n) is 6.35. The Labute approximate surface area is 125 Å². The van der Waals surface area contributed by atoms with Gasteiger partial charge in [-0.1, -0.05) is 28.1 Å². The Bertz CT molecular complexity index is 502. The zero-order valence-corrected chi connectivity index (χ0v) is 12.4. The molecule has 0 heterocycles. The van der Waals surface area contributed by atoms with Crippen LogP contribution < -0.4 is 10.6 Å². The van der Waals surface area contributed by atoms with E-state index >= 15 is 0 Å². The van der Waals surface area contributed by atoms with Gasteiger partial charge >= 0.3 is 6.03 Å². The maximum atomic E-state index is 13.2. The third-order valence-electron chi connectivity index (χ3n) is 3.10. The highest BCUT2D eigenvalue weighted by Crippen LogP contribution is 2.17. The van der Waals surface area contributed by atoms with Gasteiger partial charge in [0, 0.05) is 29.6 Å². The molecule has 0 radical (unpaired) electrons. The topological polar surface area (TPSA) is 61.4 Å². The molecule has 1 aromatic rings. The van der Waals surface area contributed by atoms with E-state index in [0.717, 1.165) is 0 Å². The molecule has 0 saturated carbocycles. The molecule has 1 aromatic carbocycles. The molecule has 0 unspecified atom stereocenters. The molecular weight excluding hydrogens is 327 g/mol. The Kier molecular flexibility index (Phi) is 5.14. The smallest absolute Gasteiger partial charge is 0.315 e. The molecule has 0 saturated heterocycles. The third kappa shape index (κ3) is 4.31. The molecule has 6 heteroatoms. The van der Waals surface area contributed by atoms with Crippen molar-refractivity contribution in [3.8, 4) is 0 Å². The van der Waals surface area contributed by atoms with Crippen LogP contribution in [0.15, 0.2) is 34.8 Å². The molecule has 2 atom stereocenters. The predicted molar refractivity (Wildman–Crippen MR) is 77.6 cm³/mol. The largest absolute Gasteiger partial charge is 0.396 e. The van der Waals surface area contributed by atoms with Gasteiger partial charge in [0.25, 0.3) is 0 Å². The monoisotopic (exact) mass is 342 g/mol. The molecule has 0 bridgehead atoms. The second-order valence-corrected chi connectivity index (χ2v) is 5.69. The number of carbonyl (C=O) groups is 1.